The molecule has 0 saturated heterocycles. The first-order valence-electron chi connectivity index (χ1n) is 5.86. The van der Waals surface area contributed by atoms with Gasteiger partial charge in [0.1, 0.15) is 0 Å². The second-order valence-electron chi connectivity index (χ2n) is 4.78. The summed E-state index contributed by atoms with van der Waals surface area (Å²) in [6, 6.07) is 5.04. The molecule has 18 heavy (non-hydrogen) atoms. The Morgan fingerprint density at radius 1 is 1.44 bits per heavy atom. The van der Waals surface area contributed by atoms with Gasteiger partial charge in [-0.2, -0.15) is 0 Å². The molecule has 0 atom stereocenters. The van der Waals surface area contributed by atoms with Crippen molar-refractivity contribution in [2.45, 2.75) is 18.9 Å². The van der Waals surface area contributed by atoms with E-state index in [1.165, 1.54) is 0 Å². The van der Waals surface area contributed by atoms with Gasteiger partial charge in [0.15, 0.2) is 0 Å². The van der Waals surface area contributed by atoms with Crippen molar-refractivity contribution in [3.8, 4) is 0 Å². The molecule has 1 aromatic rings. The summed E-state index contributed by atoms with van der Waals surface area (Å²) in [5, 5.41) is 9.91. The third-order valence-electron chi connectivity index (χ3n) is 3.27. The van der Waals surface area contributed by atoms with Crippen molar-refractivity contribution in [3.05, 3.63) is 33.8 Å². The SMILES string of the molecule is CN(CC1CC(O)C1)C(=O)c1cccc(Cl)c1Cl. The van der Waals surface area contributed by atoms with Crippen LogP contribution in [0.4, 0.5) is 0 Å². The second-order valence-corrected chi connectivity index (χ2v) is 5.56. The van der Waals surface area contributed by atoms with Gasteiger partial charge in [-0.15, -0.1) is 0 Å². The first-order valence-corrected chi connectivity index (χ1v) is 6.62. The smallest absolute Gasteiger partial charge is 0.255 e. The van der Waals surface area contributed by atoms with E-state index in [1.807, 2.05) is 0 Å². The van der Waals surface area contributed by atoms with E-state index < -0.39 is 0 Å². The Balaban J connectivity index is 2.04. The number of benzene rings is 1. The zero-order valence-corrected chi connectivity index (χ0v) is 11.6. The van der Waals surface area contributed by atoms with Crippen molar-refractivity contribution in [1.29, 1.82) is 0 Å². The van der Waals surface area contributed by atoms with Gasteiger partial charge in [0.25, 0.3) is 5.91 Å². The number of rotatable bonds is 3. The van der Waals surface area contributed by atoms with E-state index in [4.69, 9.17) is 23.2 Å². The summed E-state index contributed by atoms with van der Waals surface area (Å²) in [5.41, 5.74) is 0.423. The van der Waals surface area contributed by atoms with Crippen molar-refractivity contribution in [2.24, 2.45) is 5.92 Å². The molecule has 0 aromatic heterocycles. The fourth-order valence-corrected chi connectivity index (χ4v) is 2.58. The van der Waals surface area contributed by atoms with Crippen LogP contribution in [-0.2, 0) is 0 Å². The van der Waals surface area contributed by atoms with E-state index in [1.54, 1.807) is 30.1 Å². The average molecular weight is 288 g/mol. The number of carbonyl (C=O) groups is 1. The van der Waals surface area contributed by atoms with E-state index in [0.29, 0.717) is 28.1 Å². The molecule has 98 valence electrons. The number of amides is 1. The lowest BCUT2D eigenvalue weighted by molar-refractivity contribution is 0.0265. The summed E-state index contributed by atoms with van der Waals surface area (Å²) in [6.45, 7) is 0.638. The highest BCUT2D eigenvalue weighted by Crippen LogP contribution is 2.29. The van der Waals surface area contributed by atoms with Crippen LogP contribution in [0.2, 0.25) is 10.0 Å². The van der Waals surface area contributed by atoms with Gasteiger partial charge in [0.05, 0.1) is 21.7 Å². The standard InChI is InChI=1S/C13H15Cl2NO2/c1-16(7-8-5-9(17)6-8)13(18)10-3-2-4-11(14)12(10)15/h2-4,8-9,17H,5-7H2,1H3. The van der Waals surface area contributed by atoms with Gasteiger partial charge in [-0.1, -0.05) is 29.3 Å². The molecule has 1 aliphatic carbocycles. The summed E-state index contributed by atoms with van der Waals surface area (Å²) in [4.78, 5) is 13.8. The van der Waals surface area contributed by atoms with Crippen molar-refractivity contribution >= 4 is 29.1 Å². The van der Waals surface area contributed by atoms with Crippen LogP contribution in [0.5, 0.6) is 0 Å². The second kappa shape index (κ2) is 5.47. The lowest BCUT2D eigenvalue weighted by atomic mass is 9.82. The van der Waals surface area contributed by atoms with E-state index in [-0.39, 0.29) is 12.0 Å². The van der Waals surface area contributed by atoms with Crippen LogP contribution in [0, 0.1) is 5.92 Å². The largest absolute Gasteiger partial charge is 0.393 e. The van der Waals surface area contributed by atoms with E-state index in [2.05, 4.69) is 0 Å². The number of halogens is 2. The van der Waals surface area contributed by atoms with Crippen molar-refractivity contribution < 1.29 is 9.90 Å². The summed E-state index contributed by atoms with van der Waals surface area (Å²) in [5.74, 6) is 0.246. The molecule has 0 unspecified atom stereocenters. The molecule has 1 aliphatic rings. The zero-order chi connectivity index (χ0) is 13.3. The maximum Gasteiger partial charge on any atom is 0.255 e. The van der Waals surface area contributed by atoms with Gasteiger partial charge >= 0.3 is 0 Å². The van der Waals surface area contributed by atoms with Crippen molar-refractivity contribution in [1.82, 2.24) is 4.90 Å². The van der Waals surface area contributed by atoms with Crippen LogP contribution in [0.1, 0.15) is 23.2 Å². The lowest BCUT2D eigenvalue weighted by Gasteiger charge is -2.34. The van der Waals surface area contributed by atoms with Crippen molar-refractivity contribution in [2.75, 3.05) is 13.6 Å². The highest BCUT2D eigenvalue weighted by atomic mass is 35.5. The van der Waals surface area contributed by atoms with Crippen LogP contribution < -0.4 is 0 Å². The van der Waals surface area contributed by atoms with Crippen molar-refractivity contribution in [3.63, 3.8) is 0 Å². The topological polar surface area (TPSA) is 40.5 Å². The van der Waals surface area contributed by atoms with Crippen LogP contribution >= 0.6 is 23.2 Å². The van der Waals surface area contributed by atoms with Crippen LogP contribution in [0.25, 0.3) is 0 Å². The van der Waals surface area contributed by atoms with Gasteiger partial charge in [-0.3, -0.25) is 4.79 Å². The molecule has 0 bridgehead atoms. The fourth-order valence-electron chi connectivity index (χ4n) is 2.19. The van der Waals surface area contributed by atoms with Gasteiger partial charge < -0.3 is 10.0 Å². The average Bonchev–Trinajstić information content (AvgIpc) is 2.30. The Morgan fingerprint density at radius 3 is 2.72 bits per heavy atom. The Bertz CT molecular complexity index is 458. The summed E-state index contributed by atoms with van der Waals surface area (Å²) in [6.07, 6.45) is 1.33. The van der Waals surface area contributed by atoms with Gasteiger partial charge in [0.2, 0.25) is 0 Å². The van der Waals surface area contributed by atoms with Crippen LogP contribution in [-0.4, -0.2) is 35.6 Å². The summed E-state index contributed by atoms with van der Waals surface area (Å²) >= 11 is 11.9. The molecule has 3 nitrogen and oxygen atoms in total. The van der Waals surface area contributed by atoms with Crippen LogP contribution in [0.15, 0.2) is 18.2 Å². The highest BCUT2D eigenvalue weighted by molar-refractivity contribution is 6.43. The minimum atomic E-state index is -0.201. The number of hydrogen-bond donors (Lipinski definition) is 1. The quantitative estimate of drug-likeness (QED) is 0.929. The highest BCUT2D eigenvalue weighted by Gasteiger charge is 2.29. The molecular formula is C13H15Cl2NO2. The number of carbonyl (C=O) groups excluding carboxylic acids is 1. The molecule has 0 radical (unpaired) electrons. The third kappa shape index (κ3) is 2.79. The molecule has 1 saturated carbocycles. The lowest BCUT2D eigenvalue weighted by Crippen LogP contribution is -2.39. The first kappa shape index (κ1) is 13.7. The van der Waals surface area contributed by atoms with Gasteiger partial charge in [-0.05, 0) is 30.9 Å². The zero-order valence-electron chi connectivity index (χ0n) is 10.1. The number of nitrogens with zero attached hydrogens (tertiary/aromatic N) is 1. The predicted molar refractivity (Wildman–Crippen MR) is 72.2 cm³/mol. The molecule has 0 aliphatic heterocycles. The molecular weight excluding hydrogens is 273 g/mol. The molecule has 2 rings (SSSR count). The van der Waals surface area contributed by atoms with Gasteiger partial charge in [-0.25, -0.2) is 0 Å². The Hall–Kier alpha value is -0.770. The first-order chi connectivity index (χ1) is 8.49. The molecule has 1 fully saturated rings. The summed E-state index contributed by atoms with van der Waals surface area (Å²) < 4.78 is 0. The molecule has 0 heterocycles. The van der Waals surface area contributed by atoms with E-state index in [0.717, 1.165) is 12.8 Å². The Kier molecular flexibility index (Phi) is 4.15. The predicted octanol–water partition coefficient (Wildman–Crippen LogP) is 2.84. The van der Waals surface area contributed by atoms with E-state index in [9.17, 15) is 9.90 Å². The Morgan fingerprint density at radius 2 is 2.11 bits per heavy atom. The number of aliphatic hydroxyl groups excluding tert-OH is 1. The fraction of sp³-hybridized carbons (Fsp3) is 0.462. The minimum Gasteiger partial charge on any atom is -0.393 e. The van der Waals surface area contributed by atoms with Gasteiger partial charge in [0, 0.05) is 13.6 Å². The molecule has 5 heteroatoms. The van der Waals surface area contributed by atoms with Crippen LogP contribution in [0.3, 0.4) is 0 Å². The minimum absolute atomic E-state index is 0.135. The maximum absolute atomic E-state index is 12.2. The number of aliphatic hydroxyl groups is 1. The molecule has 1 amide bonds. The summed E-state index contributed by atoms with van der Waals surface area (Å²) in [7, 11) is 1.74. The monoisotopic (exact) mass is 287 g/mol. The molecule has 0 spiro atoms. The Labute approximate surface area is 116 Å². The molecule has 1 N–H and O–H groups in total. The normalized spacial score (nSPS) is 22.4. The third-order valence-corrected chi connectivity index (χ3v) is 4.09. The number of hydrogen-bond acceptors (Lipinski definition) is 2. The molecule has 1 aromatic carbocycles. The maximum atomic E-state index is 12.2. The van der Waals surface area contributed by atoms with E-state index >= 15 is 0 Å².